The van der Waals surface area contributed by atoms with Crippen LogP contribution in [0.15, 0.2) is 6.07 Å². The lowest BCUT2D eigenvalue weighted by Crippen LogP contribution is -2.09. The molecule has 1 aromatic heterocycles. The molecule has 0 bridgehead atoms. The van der Waals surface area contributed by atoms with Gasteiger partial charge in [-0.05, 0) is 18.6 Å². The number of nitriles is 1. The lowest BCUT2D eigenvalue weighted by molar-refractivity contribution is 0.0681. The molecule has 1 heterocycles. The maximum Gasteiger partial charge on any atom is 0.338 e. The van der Waals surface area contributed by atoms with E-state index in [-0.39, 0.29) is 11.3 Å². The first kappa shape index (κ1) is 11.0. The smallest absolute Gasteiger partial charge is 0.338 e. The molecule has 4 nitrogen and oxygen atoms in total. The van der Waals surface area contributed by atoms with Gasteiger partial charge in [0.2, 0.25) is 0 Å². The summed E-state index contributed by atoms with van der Waals surface area (Å²) < 4.78 is 24.9. The largest absolute Gasteiger partial charge is 0.478 e. The van der Waals surface area contributed by atoms with Crippen LogP contribution in [0.1, 0.15) is 33.7 Å². The molecular weight excluding hydrogens is 206 g/mol. The minimum absolute atomic E-state index is 0.101. The van der Waals surface area contributed by atoms with Crippen molar-refractivity contribution in [2.45, 2.75) is 13.3 Å². The minimum atomic E-state index is -3.01. The molecule has 1 N–H and O–H groups in total. The number of carbonyl (C=O) groups is 1. The van der Waals surface area contributed by atoms with Crippen molar-refractivity contribution in [2.75, 3.05) is 0 Å². The fourth-order valence-electron chi connectivity index (χ4n) is 1.19. The van der Waals surface area contributed by atoms with Crippen LogP contribution in [0.3, 0.4) is 0 Å². The van der Waals surface area contributed by atoms with Crippen LogP contribution in [0.25, 0.3) is 0 Å². The monoisotopic (exact) mass is 212 g/mol. The molecule has 0 fully saturated rings. The van der Waals surface area contributed by atoms with Crippen LogP contribution in [0.4, 0.5) is 8.78 Å². The molecule has 0 saturated carbocycles. The Hall–Kier alpha value is -2.03. The molecule has 15 heavy (non-hydrogen) atoms. The molecule has 0 aliphatic heterocycles. The van der Waals surface area contributed by atoms with Gasteiger partial charge in [0, 0.05) is 0 Å². The second kappa shape index (κ2) is 4.00. The molecule has 6 heteroatoms. The third kappa shape index (κ3) is 2.07. The van der Waals surface area contributed by atoms with E-state index in [0.29, 0.717) is 0 Å². The summed E-state index contributed by atoms with van der Waals surface area (Å²) in [5, 5.41) is 17.2. The fraction of sp³-hybridized carbons (Fsp3) is 0.222. The molecule has 1 rings (SSSR count). The first-order chi connectivity index (χ1) is 6.97. The van der Waals surface area contributed by atoms with Gasteiger partial charge in [-0.3, -0.25) is 0 Å². The van der Waals surface area contributed by atoms with Gasteiger partial charge in [0.25, 0.3) is 6.43 Å². The van der Waals surface area contributed by atoms with Crippen molar-refractivity contribution in [1.29, 1.82) is 5.26 Å². The van der Waals surface area contributed by atoms with Crippen LogP contribution in [0.2, 0.25) is 0 Å². The predicted octanol–water partition coefficient (Wildman–Crippen LogP) is 1.90. The van der Waals surface area contributed by atoms with Gasteiger partial charge in [-0.15, -0.1) is 0 Å². The van der Waals surface area contributed by atoms with E-state index in [1.807, 2.05) is 0 Å². The van der Waals surface area contributed by atoms with Gasteiger partial charge in [0.05, 0.1) is 5.56 Å². The lowest BCUT2D eigenvalue weighted by Gasteiger charge is -2.07. The van der Waals surface area contributed by atoms with E-state index in [9.17, 15) is 13.6 Å². The Kier molecular flexibility index (Phi) is 2.95. The highest BCUT2D eigenvalue weighted by Gasteiger charge is 2.22. The van der Waals surface area contributed by atoms with Crippen molar-refractivity contribution >= 4 is 5.97 Å². The number of carboxylic acid groups (broad SMARTS) is 1. The van der Waals surface area contributed by atoms with Crippen molar-refractivity contribution in [3.8, 4) is 6.07 Å². The van der Waals surface area contributed by atoms with Crippen LogP contribution in [0, 0.1) is 18.3 Å². The van der Waals surface area contributed by atoms with Gasteiger partial charge in [-0.2, -0.15) is 5.26 Å². The number of pyridine rings is 1. The van der Waals surface area contributed by atoms with E-state index >= 15 is 0 Å². The summed E-state index contributed by atoms with van der Waals surface area (Å²) in [7, 11) is 0. The van der Waals surface area contributed by atoms with E-state index in [1.54, 1.807) is 6.07 Å². The number of rotatable bonds is 2. The average molecular weight is 212 g/mol. The van der Waals surface area contributed by atoms with Crippen molar-refractivity contribution in [3.63, 3.8) is 0 Å². The van der Waals surface area contributed by atoms with Gasteiger partial charge < -0.3 is 5.11 Å². The van der Waals surface area contributed by atoms with E-state index in [1.165, 1.54) is 6.92 Å². The molecule has 0 atom stereocenters. The van der Waals surface area contributed by atoms with Gasteiger partial charge in [0.1, 0.15) is 17.5 Å². The molecule has 0 aliphatic rings. The third-order valence-electron chi connectivity index (χ3n) is 1.78. The Morgan fingerprint density at radius 3 is 2.67 bits per heavy atom. The zero-order chi connectivity index (χ0) is 11.6. The summed E-state index contributed by atoms with van der Waals surface area (Å²) in [6, 6.07) is 2.75. The molecule has 0 amide bonds. The van der Waals surface area contributed by atoms with Crippen LogP contribution in [0.5, 0.6) is 0 Å². The number of aromatic carboxylic acids is 1. The maximum absolute atomic E-state index is 12.4. The van der Waals surface area contributed by atoms with E-state index < -0.39 is 23.7 Å². The van der Waals surface area contributed by atoms with Crippen molar-refractivity contribution in [3.05, 3.63) is 28.6 Å². The Bertz CT molecular complexity index is 452. The highest BCUT2D eigenvalue weighted by atomic mass is 19.3. The van der Waals surface area contributed by atoms with Crippen LogP contribution < -0.4 is 0 Å². The number of nitrogens with zero attached hydrogens (tertiary/aromatic N) is 2. The standard InChI is InChI=1S/C9H6F2N2O2/c1-4-2-5(3-12)13-7(8(10)11)6(4)9(14)15/h2,8H,1H3,(H,14,15). The summed E-state index contributed by atoms with van der Waals surface area (Å²) >= 11 is 0. The highest BCUT2D eigenvalue weighted by Crippen LogP contribution is 2.24. The number of aryl methyl sites for hydroxylation is 1. The predicted molar refractivity (Wildman–Crippen MR) is 45.6 cm³/mol. The molecule has 1 aromatic rings. The molecule has 0 unspecified atom stereocenters. The van der Waals surface area contributed by atoms with Gasteiger partial charge >= 0.3 is 5.97 Å². The number of halogens is 2. The molecular formula is C9H6F2N2O2. The van der Waals surface area contributed by atoms with E-state index in [4.69, 9.17) is 10.4 Å². The van der Waals surface area contributed by atoms with Gasteiger partial charge in [-0.25, -0.2) is 18.6 Å². The van der Waals surface area contributed by atoms with Gasteiger partial charge in [0.15, 0.2) is 0 Å². The molecule has 0 spiro atoms. The molecule has 0 aliphatic carbocycles. The lowest BCUT2D eigenvalue weighted by atomic mass is 10.1. The van der Waals surface area contributed by atoms with Gasteiger partial charge in [-0.1, -0.05) is 0 Å². The molecule has 0 radical (unpaired) electrons. The summed E-state index contributed by atoms with van der Waals surface area (Å²) in [5.74, 6) is -1.47. The number of alkyl halides is 2. The van der Waals surface area contributed by atoms with Crippen molar-refractivity contribution in [1.82, 2.24) is 4.98 Å². The zero-order valence-corrected chi connectivity index (χ0v) is 7.66. The number of hydrogen-bond donors (Lipinski definition) is 1. The van der Waals surface area contributed by atoms with Crippen LogP contribution in [-0.2, 0) is 0 Å². The first-order valence-electron chi connectivity index (χ1n) is 3.90. The van der Waals surface area contributed by atoms with Crippen molar-refractivity contribution < 1.29 is 18.7 Å². The normalized spacial score (nSPS) is 10.1. The molecule has 0 saturated heterocycles. The summed E-state index contributed by atoms with van der Waals surface area (Å²) in [4.78, 5) is 14.0. The summed E-state index contributed by atoms with van der Waals surface area (Å²) in [5.41, 5.74) is -1.51. The van der Waals surface area contributed by atoms with E-state index in [2.05, 4.69) is 4.98 Å². The number of aromatic nitrogens is 1. The average Bonchev–Trinajstić information content (AvgIpc) is 2.15. The SMILES string of the molecule is Cc1cc(C#N)nc(C(F)F)c1C(=O)O. The quantitative estimate of drug-likeness (QED) is 0.812. The second-order valence-electron chi connectivity index (χ2n) is 2.80. The second-order valence-corrected chi connectivity index (χ2v) is 2.80. The van der Waals surface area contributed by atoms with E-state index in [0.717, 1.165) is 6.07 Å². The van der Waals surface area contributed by atoms with Crippen molar-refractivity contribution in [2.24, 2.45) is 0 Å². The number of carboxylic acids is 1. The Balaban J connectivity index is 3.51. The van der Waals surface area contributed by atoms with Crippen LogP contribution >= 0.6 is 0 Å². The molecule has 0 aromatic carbocycles. The Labute approximate surface area is 83.8 Å². The minimum Gasteiger partial charge on any atom is -0.478 e. The third-order valence-corrected chi connectivity index (χ3v) is 1.78. The zero-order valence-electron chi connectivity index (χ0n) is 7.66. The first-order valence-corrected chi connectivity index (χ1v) is 3.90. The Morgan fingerprint density at radius 1 is 1.67 bits per heavy atom. The maximum atomic E-state index is 12.4. The number of hydrogen-bond acceptors (Lipinski definition) is 3. The summed E-state index contributed by atoms with van der Waals surface area (Å²) in [6.45, 7) is 1.35. The van der Waals surface area contributed by atoms with Crippen LogP contribution in [-0.4, -0.2) is 16.1 Å². The highest BCUT2D eigenvalue weighted by molar-refractivity contribution is 5.90. The fourth-order valence-corrected chi connectivity index (χ4v) is 1.19. The molecule has 78 valence electrons. The topological polar surface area (TPSA) is 74.0 Å². The Morgan fingerprint density at radius 2 is 2.27 bits per heavy atom. The summed E-state index contributed by atoms with van der Waals surface area (Å²) in [6.07, 6.45) is -3.01.